The van der Waals surface area contributed by atoms with Crippen LogP contribution in [0.2, 0.25) is 0 Å². The molecule has 0 aliphatic carbocycles. The van der Waals surface area contributed by atoms with E-state index < -0.39 is 0 Å². The first-order valence-electron chi connectivity index (χ1n) is 5.76. The monoisotopic (exact) mass is 302 g/mol. The van der Waals surface area contributed by atoms with Gasteiger partial charge in [0.15, 0.2) is 0 Å². The van der Waals surface area contributed by atoms with Gasteiger partial charge in [-0.05, 0) is 40.1 Å². The molecule has 2 nitrogen and oxygen atoms in total. The lowest BCUT2D eigenvalue weighted by Gasteiger charge is -2.23. The van der Waals surface area contributed by atoms with Crippen molar-refractivity contribution in [3.05, 3.63) is 34.1 Å². The maximum absolute atomic E-state index is 13.7. The van der Waals surface area contributed by atoms with Gasteiger partial charge in [0, 0.05) is 28.7 Å². The zero-order valence-electron chi connectivity index (χ0n) is 10.8. The van der Waals surface area contributed by atoms with E-state index in [4.69, 9.17) is 0 Å². The molecule has 0 heterocycles. The molecule has 0 fully saturated rings. The molecule has 2 unspecified atom stereocenters. The van der Waals surface area contributed by atoms with Gasteiger partial charge in [0.1, 0.15) is 5.82 Å². The lowest BCUT2D eigenvalue weighted by Crippen LogP contribution is -2.37. The van der Waals surface area contributed by atoms with E-state index in [1.165, 1.54) is 6.07 Å². The van der Waals surface area contributed by atoms with Gasteiger partial charge in [0.2, 0.25) is 0 Å². The van der Waals surface area contributed by atoms with Crippen molar-refractivity contribution >= 4 is 15.9 Å². The molecule has 1 aromatic rings. The van der Waals surface area contributed by atoms with Crippen LogP contribution in [0.5, 0.6) is 0 Å². The number of nitrogens with one attached hydrogen (secondary N) is 1. The summed E-state index contributed by atoms with van der Waals surface area (Å²) in [5.74, 6) is -0.170. The van der Waals surface area contributed by atoms with Crippen molar-refractivity contribution in [2.24, 2.45) is 0 Å². The lowest BCUT2D eigenvalue weighted by molar-refractivity contribution is 0.332. The molecule has 0 bridgehead atoms. The Hall–Kier alpha value is -0.450. The van der Waals surface area contributed by atoms with Crippen molar-refractivity contribution < 1.29 is 4.39 Å². The van der Waals surface area contributed by atoms with Crippen LogP contribution in [0.25, 0.3) is 0 Å². The number of hydrogen-bond acceptors (Lipinski definition) is 2. The predicted octanol–water partition coefficient (Wildman–Crippen LogP) is 3.19. The number of hydrogen-bond donors (Lipinski definition) is 1. The largest absolute Gasteiger partial charge is 0.308 e. The Balaban J connectivity index is 2.66. The van der Waals surface area contributed by atoms with Gasteiger partial charge in [0.05, 0.1) is 0 Å². The molecule has 4 heteroatoms. The van der Waals surface area contributed by atoms with Gasteiger partial charge in [-0.15, -0.1) is 0 Å². The number of rotatable bonds is 5. The predicted molar refractivity (Wildman–Crippen MR) is 73.7 cm³/mol. The molecular weight excluding hydrogens is 283 g/mol. The summed E-state index contributed by atoms with van der Waals surface area (Å²) in [5, 5.41) is 3.39. The Morgan fingerprint density at radius 3 is 2.53 bits per heavy atom. The Kier molecular flexibility index (Phi) is 5.56. The minimum absolute atomic E-state index is 0.0121. The molecule has 0 amide bonds. The van der Waals surface area contributed by atoms with Crippen molar-refractivity contribution in [1.29, 1.82) is 0 Å². The fourth-order valence-electron chi connectivity index (χ4n) is 1.97. The van der Waals surface area contributed by atoms with Crippen molar-refractivity contribution in [3.63, 3.8) is 0 Å². The molecule has 1 rings (SSSR count). The molecule has 96 valence electrons. The Morgan fingerprint density at radius 2 is 2.00 bits per heavy atom. The highest BCUT2D eigenvalue weighted by molar-refractivity contribution is 9.10. The van der Waals surface area contributed by atoms with E-state index in [0.29, 0.717) is 11.6 Å². The summed E-state index contributed by atoms with van der Waals surface area (Å²) in [6.45, 7) is 5.02. The van der Waals surface area contributed by atoms with E-state index in [2.05, 4.69) is 33.1 Å². The molecule has 0 aliphatic heterocycles. The Bertz CT molecular complexity index is 368. The van der Waals surface area contributed by atoms with E-state index in [-0.39, 0.29) is 11.9 Å². The van der Waals surface area contributed by atoms with Crippen LogP contribution in [0.4, 0.5) is 4.39 Å². The first kappa shape index (κ1) is 14.6. The highest BCUT2D eigenvalue weighted by Gasteiger charge is 2.13. The van der Waals surface area contributed by atoms with E-state index in [1.807, 2.05) is 33.2 Å². The standard InChI is InChI=1S/C13H20BrFN2/c1-9(8-17(3)4)16-10(2)12-6-5-11(14)7-13(12)15/h5-7,9-10,16H,8H2,1-4H3. The van der Waals surface area contributed by atoms with Gasteiger partial charge in [-0.3, -0.25) is 0 Å². The third-order valence-corrected chi connectivity index (χ3v) is 3.10. The second-order valence-electron chi connectivity index (χ2n) is 4.72. The first-order chi connectivity index (χ1) is 7.90. The molecule has 2 atom stereocenters. The summed E-state index contributed by atoms with van der Waals surface area (Å²) in [6.07, 6.45) is 0. The zero-order valence-corrected chi connectivity index (χ0v) is 12.4. The minimum Gasteiger partial charge on any atom is -0.308 e. The van der Waals surface area contributed by atoms with Gasteiger partial charge in [0.25, 0.3) is 0 Å². The van der Waals surface area contributed by atoms with Gasteiger partial charge >= 0.3 is 0 Å². The zero-order chi connectivity index (χ0) is 13.0. The Morgan fingerprint density at radius 1 is 1.35 bits per heavy atom. The third kappa shape index (κ3) is 4.74. The van der Waals surface area contributed by atoms with E-state index in [9.17, 15) is 4.39 Å². The second kappa shape index (κ2) is 6.47. The summed E-state index contributed by atoms with van der Waals surface area (Å²) in [5.41, 5.74) is 0.707. The van der Waals surface area contributed by atoms with Crippen LogP contribution in [0.3, 0.4) is 0 Å². The summed E-state index contributed by atoms with van der Waals surface area (Å²) in [7, 11) is 4.06. The third-order valence-electron chi connectivity index (χ3n) is 2.60. The van der Waals surface area contributed by atoms with Crippen molar-refractivity contribution in [1.82, 2.24) is 10.2 Å². The quantitative estimate of drug-likeness (QED) is 0.898. The van der Waals surface area contributed by atoms with Crippen LogP contribution < -0.4 is 5.32 Å². The topological polar surface area (TPSA) is 15.3 Å². The van der Waals surface area contributed by atoms with Crippen LogP contribution in [-0.4, -0.2) is 31.6 Å². The molecule has 0 aromatic heterocycles. The fraction of sp³-hybridized carbons (Fsp3) is 0.538. The highest BCUT2D eigenvalue weighted by Crippen LogP contribution is 2.21. The molecule has 0 aliphatic rings. The number of likely N-dealkylation sites (N-methyl/N-ethyl adjacent to an activating group) is 1. The van der Waals surface area contributed by atoms with E-state index in [0.717, 1.165) is 11.0 Å². The molecule has 1 N–H and O–H groups in total. The van der Waals surface area contributed by atoms with Crippen LogP contribution in [-0.2, 0) is 0 Å². The average Bonchev–Trinajstić information content (AvgIpc) is 2.15. The molecule has 17 heavy (non-hydrogen) atoms. The molecule has 0 saturated heterocycles. The van der Waals surface area contributed by atoms with E-state index >= 15 is 0 Å². The van der Waals surface area contributed by atoms with Gasteiger partial charge in [-0.2, -0.15) is 0 Å². The number of halogens is 2. The van der Waals surface area contributed by atoms with Crippen LogP contribution in [0, 0.1) is 5.82 Å². The molecular formula is C13H20BrFN2. The number of nitrogens with zero attached hydrogens (tertiary/aromatic N) is 1. The smallest absolute Gasteiger partial charge is 0.129 e. The molecule has 1 aromatic carbocycles. The minimum atomic E-state index is -0.170. The SMILES string of the molecule is CC(CN(C)C)NC(C)c1ccc(Br)cc1F. The maximum atomic E-state index is 13.7. The van der Waals surface area contributed by atoms with Gasteiger partial charge in [-0.25, -0.2) is 4.39 Å². The van der Waals surface area contributed by atoms with Crippen molar-refractivity contribution in [2.75, 3.05) is 20.6 Å². The summed E-state index contributed by atoms with van der Waals surface area (Å²) in [6, 6.07) is 5.53. The van der Waals surface area contributed by atoms with Gasteiger partial charge < -0.3 is 10.2 Å². The number of benzene rings is 1. The average molecular weight is 303 g/mol. The molecule has 0 spiro atoms. The van der Waals surface area contributed by atoms with Gasteiger partial charge in [-0.1, -0.05) is 22.0 Å². The normalized spacial score (nSPS) is 15.0. The van der Waals surface area contributed by atoms with Crippen LogP contribution >= 0.6 is 15.9 Å². The second-order valence-corrected chi connectivity index (χ2v) is 5.63. The van der Waals surface area contributed by atoms with Crippen molar-refractivity contribution in [3.8, 4) is 0 Å². The summed E-state index contributed by atoms with van der Waals surface area (Å²) < 4.78 is 14.5. The maximum Gasteiger partial charge on any atom is 0.129 e. The summed E-state index contributed by atoms with van der Waals surface area (Å²) >= 11 is 3.26. The van der Waals surface area contributed by atoms with Crippen LogP contribution in [0.15, 0.2) is 22.7 Å². The fourth-order valence-corrected chi connectivity index (χ4v) is 2.30. The molecule has 0 saturated carbocycles. The molecule has 0 radical (unpaired) electrons. The first-order valence-corrected chi connectivity index (χ1v) is 6.55. The Labute approximate surface area is 111 Å². The highest BCUT2D eigenvalue weighted by atomic mass is 79.9. The van der Waals surface area contributed by atoms with E-state index in [1.54, 1.807) is 0 Å². The van der Waals surface area contributed by atoms with Crippen molar-refractivity contribution in [2.45, 2.75) is 25.9 Å². The summed E-state index contributed by atoms with van der Waals surface area (Å²) in [4.78, 5) is 2.11. The van der Waals surface area contributed by atoms with Crippen LogP contribution in [0.1, 0.15) is 25.5 Å². The lowest BCUT2D eigenvalue weighted by atomic mass is 10.1.